The normalized spacial score (nSPS) is 11.7. The number of nitrogens with zero attached hydrogens (tertiary/aromatic N) is 1. The van der Waals surface area contributed by atoms with E-state index in [0.29, 0.717) is 4.88 Å². The molecular weight excluding hydrogens is 209 g/mol. The lowest BCUT2D eigenvalue weighted by molar-refractivity contribution is 0.762. The van der Waals surface area contributed by atoms with E-state index in [1.807, 2.05) is 24.3 Å². The summed E-state index contributed by atoms with van der Waals surface area (Å²) in [5, 5.41) is 0. The summed E-state index contributed by atoms with van der Waals surface area (Å²) < 4.78 is 13.2. The molecule has 0 aliphatic carbocycles. The molecule has 3 heteroatoms. The fraction of sp³-hybridized carbons (Fsp3) is 0.0833. The standard InChI is InChI=1S/C12H10FNS/c1-2-9(13)11-6-7-12(15-11)10-5-3-4-8-14-10/h2-8H,1H3/b9-2-. The average molecular weight is 219 g/mol. The molecule has 1 nitrogen and oxygen atoms in total. The maximum Gasteiger partial charge on any atom is 0.136 e. The van der Waals surface area contributed by atoms with Gasteiger partial charge in [0.05, 0.1) is 15.4 Å². The topological polar surface area (TPSA) is 12.9 Å². The number of allylic oxidation sites excluding steroid dienone is 1. The lowest BCUT2D eigenvalue weighted by Gasteiger charge is -1.93. The summed E-state index contributed by atoms with van der Waals surface area (Å²) in [5.41, 5.74) is 0.887. The molecule has 0 aliphatic rings. The van der Waals surface area contributed by atoms with Crippen molar-refractivity contribution < 1.29 is 4.39 Å². The van der Waals surface area contributed by atoms with Crippen molar-refractivity contribution in [2.24, 2.45) is 0 Å². The van der Waals surface area contributed by atoms with Gasteiger partial charge in [-0.3, -0.25) is 4.98 Å². The number of rotatable bonds is 2. The van der Waals surface area contributed by atoms with Crippen molar-refractivity contribution in [2.45, 2.75) is 6.92 Å². The van der Waals surface area contributed by atoms with Crippen molar-refractivity contribution in [1.29, 1.82) is 0 Å². The van der Waals surface area contributed by atoms with E-state index < -0.39 is 0 Å². The highest BCUT2D eigenvalue weighted by atomic mass is 32.1. The summed E-state index contributed by atoms with van der Waals surface area (Å²) >= 11 is 1.41. The number of aromatic nitrogens is 1. The van der Waals surface area contributed by atoms with Crippen LogP contribution in [0.3, 0.4) is 0 Å². The largest absolute Gasteiger partial charge is 0.255 e. The van der Waals surface area contributed by atoms with Gasteiger partial charge in [-0.1, -0.05) is 12.1 Å². The highest BCUT2D eigenvalue weighted by Crippen LogP contribution is 2.31. The minimum atomic E-state index is -0.179. The van der Waals surface area contributed by atoms with Gasteiger partial charge in [0.15, 0.2) is 0 Å². The molecule has 2 aromatic heterocycles. The molecule has 76 valence electrons. The SMILES string of the molecule is C/C=C(\F)c1ccc(-c2ccccn2)s1. The van der Waals surface area contributed by atoms with Crippen LogP contribution in [0.15, 0.2) is 42.6 Å². The van der Waals surface area contributed by atoms with E-state index in [9.17, 15) is 4.39 Å². The highest BCUT2D eigenvalue weighted by Gasteiger charge is 2.06. The molecule has 0 bridgehead atoms. The molecular formula is C12H10FNS. The summed E-state index contributed by atoms with van der Waals surface area (Å²) in [5.74, 6) is -0.179. The maximum absolute atomic E-state index is 13.2. The van der Waals surface area contributed by atoms with Gasteiger partial charge in [0, 0.05) is 6.20 Å². The highest BCUT2D eigenvalue weighted by molar-refractivity contribution is 7.16. The molecule has 15 heavy (non-hydrogen) atoms. The van der Waals surface area contributed by atoms with E-state index in [1.54, 1.807) is 19.2 Å². The van der Waals surface area contributed by atoms with Crippen LogP contribution >= 0.6 is 11.3 Å². The van der Waals surface area contributed by atoms with E-state index in [0.717, 1.165) is 10.6 Å². The van der Waals surface area contributed by atoms with Crippen LogP contribution in [0.25, 0.3) is 16.4 Å². The number of halogens is 1. The summed E-state index contributed by atoms with van der Waals surface area (Å²) in [7, 11) is 0. The van der Waals surface area contributed by atoms with Crippen LogP contribution in [0.2, 0.25) is 0 Å². The smallest absolute Gasteiger partial charge is 0.136 e. The second-order valence-electron chi connectivity index (χ2n) is 3.02. The molecule has 2 rings (SSSR count). The van der Waals surface area contributed by atoms with Crippen LogP contribution in [0.5, 0.6) is 0 Å². The zero-order chi connectivity index (χ0) is 10.7. The first-order chi connectivity index (χ1) is 7.31. The van der Waals surface area contributed by atoms with Crippen molar-refractivity contribution in [2.75, 3.05) is 0 Å². The zero-order valence-electron chi connectivity index (χ0n) is 8.27. The maximum atomic E-state index is 13.2. The number of pyridine rings is 1. The van der Waals surface area contributed by atoms with Gasteiger partial charge < -0.3 is 0 Å². The van der Waals surface area contributed by atoms with Gasteiger partial charge in [-0.15, -0.1) is 11.3 Å². The Hall–Kier alpha value is -1.48. The number of thiophene rings is 1. The molecule has 0 saturated carbocycles. The van der Waals surface area contributed by atoms with Crippen molar-refractivity contribution in [3.63, 3.8) is 0 Å². The third-order valence-electron chi connectivity index (χ3n) is 2.01. The summed E-state index contributed by atoms with van der Waals surface area (Å²) in [4.78, 5) is 5.86. The van der Waals surface area contributed by atoms with Crippen LogP contribution in [-0.4, -0.2) is 4.98 Å². The van der Waals surface area contributed by atoms with Crippen LogP contribution in [-0.2, 0) is 0 Å². The summed E-state index contributed by atoms with van der Waals surface area (Å²) in [6.07, 6.45) is 3.20. The van der Waals surface area contributed by atoms with Crippen molar-refractivity contribution in [3.8, 4) is 10.6 Å². The Morgan fingerprint density at radius 3 is 2.87 bits per heavy atom. The molecule has 0 fully saturated rings. The van der Waals surface area contributed by atoms with Gasteiger partial charge in [-0.2, -0.15) is 0 Å². The molecule has 0 spiro atoms. The van der Waals surface area contributed by atoms with Gasteiger partial charge in [0.2, 0.25) is 0 Å². The number of hydrogen-bond acceptors (Lipinski definition) is 2. The van der Waals surface area contributed by atoms with Crippen LogP contribution < -0.4 is 0 Å². The number of hydrogen-bond donors (Lipinski definition) is 0. The minimum Gasteiger partial charge on any atom is -0.255 e. The second-order valence-corrected chi connectivity index (χ2v) is 4.10. The van der Waals surface area contributed by atoms with Gasteiger partial charge in [-0.25, -0.2) is 4.39 Å². The van der Waals surface area contributed by atoms with Crippen LogP contribution in [0, 0.1) is 0 Å². The Morgan fingerprint density at radius 2 is 2.20 bits per heavy atom. The fourth-order valence-electron chi connectivity index (χ4n) is 1.25. The van der Waals surface area contributed by atoms with Crippen molar-refractivity contribution >= 4 is 17.2 Å². The quantitative estimate of drug-likeness (QED) is 0.739. The van der Waals surface area contributed by atoms with E-state index in [1.165, 1.54) is 17.4 Å². The van der Waals surface area contributed by atoms with Crippen molar-refractivity contribution in [3.05, 3.63) is 47.5 Å². The fourth-order valence-corrected chi connectivity index (χ4v) is 2.20. The molecule has 2 heterocycles. The predicted molar refractivity (Wildman–Crippen MR) is 62.3 cm³/mol. The van der Waals surface area contributed by atoms with Crippen LogP contribution in [0.4, 0.5) is 4.39 Å². The first kappa shape index (κ1) is 10.1. The van der Waals surface area contributed by atoms with Crippen LogP contribution in [0.1, 0.15) is 11.8 Å². The third kappa shape index (κ3) is 2.13. The third-order valence-corrected chi connectivity index (χ3v) is 3.13. The molecule has 0 unspecified atom stereocenters. The van der Waals surface area contributed by atoms with Gasteiger partial charge >= 0.3 is 0 Å². The molecule has 0 amide bonds. The Labute approximate surface area is 91.9 Å². The first-order valence-electron chi connectivity index (χ1n) is 4.64. The summed E-state index contributed by atoms with van der Waals surface area (Å²) in [6.45, 7) is 1.69. The lowest BCUT2D eigenvalue weighted by Crippen LogP contribution is -1.75. The Kier molecular flexibility index (Phi) is 2.92. The first-order valence-corrected chi connectivity index (χ1v) is 5.46. The summed E-state index contributed by atoms with van der Waals surface area (Å²) in [6, 6.07) is 9.39. The Balaban J connectivity index is 2.36. The molecule has 0 atom stereocenters. The average Bonchev–Trinajstić information content (AvgIpc) is 2.78. The molecule has 0 N–H and O–H groups in total. The predicted octanol–water partition coefficient (Wildman–Crippen LogP) is 4.14. The van der Waals surface area contributed by atoms with E-state index >= 15 is 0 Å². The molecule has 0 saturated heterocycles. The van der Waals surface area contributed by atoms with E-state index in [-0.39, 0.29) is 5.83 Å². The Morgan fingerprint density at radius 1 is 1.33 bits per heavy atom. The van der Waals surface area contributed by atoms with E-state index in [4.69, 9.17) is 0 Å². The van der Waals surface area contributed by atoms with E-state index in [2.05, 4.69) is 4.98 Å². The molecule has 2 aromatic rings. The lowest BCUT2D eigenvalue weighted by atomic mass is 10.3. The van der Waals surface area contributed by atoms with Gasteiger partial charge in [0.1, 0.15) is 5.83 Å². The van der Waals surface area contributed by atoms with Gasteiger partial charge in [0.25, 0.3) is 0 Å². The minimum absolute atomic E-state index is 0.179. The Bertz CT molecular complexity index is 473. The van der Waals surface area contributed by atoms with Gasteiger partial charge in [-0.05, 0) is 31.2 Å². The monoisotopic (exact) mass is 219 g/mol. The molecule has 0 aromatic carbocycles. The second kappa shape index (κ2) is 4.36. The van der Waals surface area contributed by atoms with Crippen molar-refractivity contribution in [1.82, 2.24) is 4.98 Å². The zero-order valence-corrected chi connectivity index (χ0v) is 9.09. The molecule has 0 radical (unpaired) electrons. The molecule has 0 aliphatic heterocycles.